The highest BCUT2D eigenvalue weighted by Crippen LogP contribution is 2.01. The van der Waals surface area contributed by atoms with Gasteiger partial charge in [0.05, 0.1) is 13.7 Å². The molecule has 106 valence electrons. The maximum Gasteiger partial charge on any atom is 0.305 e. The number of methoxy groups -OCH3 is 1. The summed E-state index contributed by atoms with van der Waals surface area (Å²) in [5.74, 6) is -0.185. The largest absolute Gasteiger partial charge is 0.469 e. The minimum absolute atomic E-state index is 0.185. The first-order chi connectivity index (χ1) is 9.33. The summed E-state index contributed by atoms with van der Waals surface area (Å²) in [6, 6.07) is 10.1. The third-order valence-corrected chi connectivity index (χ3v) is 2.59. The van der Waals surface area contributed by atoms with Gasteiger partial charge in [0.15, 0.2) is 0 Å². The molecule has 0 unspecified atom stereocenters. The molecule has 0 saturated carbocycles. The van der Waals surface area contributed by atoms with Crippen molar-refractivity contribution >= 4 is 5.97 Å². The maximum atomic E-state index is 10.8. The van der Waals surface area contributed by atoms with Gasteiger partial charge in [0.25, 0.3) is 0 Å². The maximum absolute atomic E-state index is 10.8. The lowest BCUT2D eigenvalue weighted by Gasteiger charge is -2.05. The van der Waals surface area contributed by atoms with E-state index in [0.29, 0.717) is 39.3 Å². The van der Waals surface area contributed by atoms with E-state index in [0.717, 1.165) is 6.42 Å². The number of carbonyl (C=O) groups is 1. The molecule has 0 bridgehead atoms. The summed E-state index contributed by atoms with van der Waals surface area (Å²) in [6.45, 7) is 2.58. The van der Waals surface area contributed by atoms with Crippen molar-refractivity contribution in [2.24, 2.45) is 0 Å². The minimum atomic E-state index is -0.185. The lowest BCUT2D eigenvalue weighted by Crippen LogP contribution is -2.05. The fourth-order valence-corrected chi connectivity index (χ4v) is 1.55. The molecule has 0 heterocycles. The minimum Gasteiger partial charge on any atom is -0.469 e. The Kier molecular flexibility index (Phi) is 8.68. The Morgan fingerprint density at radius 3 is 2.42 bits per heavy atom. The molecule has 1 rings (SSSR count). The Hall–Kier alpha value is -1.39. The molecular weight excluding hydrogens is 244 g/mol. The van der Waals surface area contributed by atoms with Crippen molar-refractivity contribution in [3.63, 3.8) is 0 Å². The quantitative estimate of drug-likeness (QED) is 0.482. The van der Waals surface area contributed by atoms with Crippen LogP contribution in [0, 0.1) is 0 Å². The Labute approximate surface area is 114 Å². The summed E-state index contributed by atoms with van der Waals surface area (Å²) in [7, 11) is 1.40. The average Bonchev–Trinajstić information content (AvgIpc) is 2.46. The van der Waals surface area contributed by atoms with E-state index in [1.807, 2.05) is 30.3 Å². The zero-order valence-corrected chi connectivity index (χ0v) is 11.5. The average molecular weight is 266 g/mol. The summed E-state index contributed by atoms with van der Waals surface area (Å²) < 4.78 is 15.5. The SMILES string of the molecule is COC(=O)CCCOCCCOCc1ccccc1. The van der Waals surface area contributed by atoms with E-state index >= 15 is 0 Å². The van der Waals surface area contributed by atoms with Gasteiger partial charge in [0, 0.05) is 26.2 Å². The third kappa shape index (κ3) is 8.35. The number of rotatable bonds is 10. The summed E-state index contributed by atoms with van der Waals surface area (Å²) >= 11 is 0. The molecule has 0 aliphatic carbocycles. The number of benzene rings is 1. The van der Waals surface area contributed by atoms with E-state index < -0.39 is 0 Å². The highest BCUT2D eigenvalue weighted by molar-refractivity contribution is 5.68. The van der Waals surface area contributed by atoms with Crippen molar-refractivity contribution < 1.29 is 19.0 Å². The molecule has 1 aromatic rings. The van der Waals surface area contributed by atoms with Crippen LogP contribution >= 0.6 is 0 Å². The summed E-state index contributed by atoms with van der Waals surface area (Å²) in [4.78, 5) is 10.8. The normalized spacial score (nSPS) is 10.4. The topological polar surface area (TPSA) is 44.8 Å². The zero-order valence-electron chi connectivity index (χ0n) is 11.5. The lowest BCUT2D eigenvalue weighted by atomic mass is 10.2. The number of hydrogen-bond acceptors (Lipinski definition) is 4. The van der Waals surface area contributed by atoms with Crippen LogP contribution in [-0.4, -0.2) is 32.9 Å². The molecule has 0 atom stereocenters. The van der Waals surface area contributed by atoms with Crippen molar-refractivity contribution in [2.75, 3.05) is 26.9 Å². The second-order valence-corrected chi connectivity index (χ2v) is 4.18. The van der Waals surface area contributed by atoms with Gasteiger partial charge in [0.1, 0.15) is 0 Å². The summed E-state index contributed by atoms with van der Waals surface area (Å²) in [5, 5.41) is 0. The lowest BCUT2D eigenvalue weighted by molar-refractivity contribution is -0.141. The highest BCUT2D eigenvalue weighted by Gasteiger charge is 1.99. The molecule has 4 nitrogen and oxygen atoms in total. The van der Waals surface area contributed by atoms with Crippen molar-refractivity contribution in [3.05, 3.63) is 35.9 Å². The smallest absolute Gasteiger partial charge is 0.305 e. The standard InChI is InChI=1S/C15H22O4/c1-17-15(16)9-5-10-18-11-6-12-19-13-14-7-3-2-4-8-14/h2-4,7-8H,5-6,9-13H2,1H3. The Bertz CT molecular complexity index is 337. The van der Waals surface area contributed by atoms with E-state index in [2.05, 4.69) is 4.74 Å². The van der Waals surface area contributed by atoms with Crippen molar-refractivity contribution in [1.29, 1.82) is 0 Å². The van der Waals surface area contributed by atoms with E-state index in [1.165, 1.54) is 12.7 Å². The van der Waals surface area contributed by atoms with Gasteiger partial charge in [-0.1, -0.05) is 30.3 Å². The summed E-state index contributed by atoms with van der Waals surface area (Å²) in [5.41, 5.74) is 1.18. The van der Waals surface area contributed by atoms with Crippen molar-refractivity contribution in [3.8, 4) is 0 Å². The molecule has 0 radical (unpaired) electrons. The second kappa shape index (κ2) is 10.5. The van der Waals surface area contributed by atoms with Crippen LogP contribution in [0.4, 0.5) is 0 Å². The molecule has 0 saturated heterocycles. The molecule has 0 aliphatic rings. The Morgan fingerprint density at radius 1 is 1.00 bits per heavy atom. The van der Waals surface area contributed by atoms with Crippen molar-refractivity contribution in [2.45, 2.75) is 25.9 Å². The first-order valence-electron chi connectivity index (χ1n) is 6.59. The van der Waals surface area contributed by atoms with Gasteiger partial charge in [-0.05, 0) is 18.4 Å². The van der Waals surface area contributed by atoms with E-state index in [9.17, 15) is 4.79 Å². The van der Waals surface area contributed by atoms with E-state index in [4.69, 9.17) is 9.47 Å². The molecule has 0 fully saturated rings. The van der Waals surface area contributed by atoms with Crippen LogP contribution in [-0.2, 0) is 25.6 Å². The number of carbonyl (C=O) groups excluding carboxylic acids is 1. The monoisotopic (exact) mass is 266 g/mol. The van der Waals surface area contributed by atoms with Crippen molar-refractivity contribution in [1.82, 2.24) is 0 Å². The second-order valence-electron chi connectivity index (χ2n) is 4.18. The number of ether oxygens (including phenoxy) is 3. The molecule has 0 aromatic heterocycles. The molecular formula is C15H22O4. The highest BCUT2D eigenvalue weighted by atomic mass is 16.5. The predicted molar refractivity (Wildman–Crippen MR) is 72.8 cm³/mol. The Morgan fingerprint density at radius 2 is 1.68 bits per heavy atom. The van der Waals surface area contributed by atoms with E-state index in [1.54, 1.807) is 0 Å². The van der Waals surface area contributed by atoms with Crippen LogP contribution in [0.2, 0.25) is 0 Å². The first kappa shape index (κ1) is 15.7. The van der Waals surface area contributed by atoms with Gasteiger partial charge in [-0.3, -0.25) is 4.79 Å². The first-order valence-corrected chi connectivity index (χ1v) is 6.59. The molecule has 0 N–H and O–H groups in total. The van der Waals surface area contributed by atoms with Crippen LogP contribution in [0.1, 0.15) is 24.8 Å². The molecule has 0 spiro atoms. The predicted octanol–water partition coefficient (Wildman–Crippen LogP) is 2.56. The van der Waals surface area contributed by atoms with Gasteiger partial charge in [-0.2, -0.15) is 0 Å². The fraction of sp³-hybridized carbons (Fsp3) is 0.533. The molecule has 19 heavy (non-hydrogen) atoms. The number of hydrogen-bond donors (Lipinski definition) is 0. The van der Waals surface area contributed by atoms with Crippen LogP contribution < -0.4 is 0 Å². The van der Waals surface area contributed by atoms with Crippen LogP contribution in [0.3, 0.4) is 0 Å². The fourth-order valence-electron chi connectivity index (χ4n) is 1.55. The van der Waals surface area contributed by atoms with E-state index in [-0.39, 0.29) is 5.97 Å². The number of esters is 1. The van der Waals surface area contributed by atoms with Crippen LogP contribution in [0.5, 0.6) is 0 Å². The molecule has 0 amide bonds. The molecule has 4 heteroatoms. The molecule has 0 aliphatic heterocycles. The van der Waals surface area contributed by atoms with Gasteiger partial charge < -0.3 is 14.2 Å². The summed E-state index contributed by atoms with van der Waals surface area (Å²) in [6.07, 6.45) is 1.99. The molecule has 1 aromatic carbocycles. The third-order valence-electron chi connectivity index (χ3n) is 2.59. The van der Waals surface area contributed by atoms with Gasteiger partial charge >= 0.3 is 5.97 Å². The van der Waals surface area contributed by atoms with Gasteiger partial charge in [-0.25, -0.2) is 0 Å². The van der Waals surface area contributed by atoms with Crippen LogP contribution in [0.15, 0.2) is 30.3 Å². The van der Waals surface area contributed by atoms with Gasteiger partial charge in [-0.15, -0.1) is 0 Å². The zero-order chi connectivity index (χ0) is 13.8. The Balaban J connectivity index is 1.85. The van der Waals surface area contributed by atoms with Gasteiger partial charge in [0.2, 0.25) is 0 Å². The van der Waals surface area contributed by atoms with Crippen LogP contribution in [0.25, 0.3) is 0 Å².